The maximum absolute atomic E-state index is 11.6. The average molecular weight is 291 g/mol. The third-order valence-corrected chi connectivity index (χ3v) is 3.17. The molecule has 1 unspecified atom stereocenters. The van der Waals surface area contributed by atoms with E-state index in [1.165, 1.54) is 0 Å². The van der Waals surface area contributed by atoms with Crippen LogP contribution in [-0.4, -0.2) is 42.2 Å². The summed E-state index contributed by atoms with van der Waals surface area (Å²) in [5, 5.41) is 27.8. The highest BCUT2D eigenvalue weighted by molar-refractivity contribution is 7.87. The van der Waals surface area contributed by atoms with Crippen molar-refractivity contribution >= 4 is 21.8 Å². The number of nitro groups is 1. The predicted molar refractivity (Wildman–Crippen MR) is 59.5 cm³/mol. The Labute approximate surface area is 107 Å². The van der Waals surface area contributed by atoms with E-state index in [0.29, 0.717) is 6.07 Å². The van der Waals surface area contributed by atoms with Crippen LogP contribution in [0.5, 0.6) is 0 Å². The van der Waals surface area contributed by atoms with E-state index in [1.807, 2.05) is 0 Å². The van der Waals surface area contributed by atoms with Gasteiger partial charge in [-0.15, -0.1) is 0 Å². The van der Waals surface area contributed by atoms with Gasteiger partial charge in [0, 0.05) is 12.1 Å². The van der Waals surface area contributed by atoms with Gasteiger partial charge in [-0.05, 0) is 6.07 Å². The Kier molecular flexibility index (Phi) is 4.53. The molecule has 0 spiro atoms. The summed E-state index contributed by atoms with van der Waals surface area (Å²) in [4.78, 5) is 20.1. The molecular weight excluding hydrogens is 282 g/mol. The van der Waals surface area contributed by atoms with Gasteiger partial charge in [-0.3, -0.25) is 10.1 Å². The minimum absolute atomic E-state index is 0.500. The van der Waals surface area contributed by atoms with Crippen LogP contribution >= 0.6 is 0 Å². The Hall–Kier alpha value is -2.04. The van der Waals surface area contributed by atoms with Gasteiger partial charge in [-0.25, -0.2) is 4.79 Å². The molecule has 1 aromatic rings. The first-order valence-electron chi connectivity index (χ1n) is 4.79. The first-order chi connectivity index (χ1) is 8.77. The van der Waals surface area contributed by atoms with Crippen molar-refractivity contribution in [2.24, 2.45) is 0 Å². The number of rotatable bonds is 5. The van der Waals surface area contributed by atoms with E-state index in [2.05, 4.69) is 4.18 Å². The fourth-order valence-corrected chi connectivity index (χ4v) is 1.97. The van der Waals surface area contributed by atoms with Crippen molar-refractivity contribution in [1.82, 2.24) is 0 Å². The molecule has 1 rings (SSSR count). The van der Waals surface area contributed by atoms with Crippen LogP contribution in [0.2, 0.25) is 0 Å². The molecule has 0 radical (unpaired) electrons. The molecule has 0 saturated heterocycles. The fourth-order valence-electron chi connectivity index (χ4n) is 1.04. The van der Waals surface area contributed by atoms with E-state index in [0.717, 1.165) is 18.2 Å². The highest BCUT2D eigenvalue weighted by atomic mass is 32.2. The normalized spacial score (nSPS) is 12.7. The smallest absolute Gasteiger partial charge is 0.353 e. The fraction of sp³-hybridized carbons (Fsp3) is 0.222. The summed E-state index contributed by atoms with van der Waals surface area (Å²) in [7, 11) is -4.60. The van der Waals surface area contributed by atoms with Gasteiger partial charge in [0.05, 0.1) is 11.5 Å². The first kappa shape index (κ1) is 15.0. The molecule has 0 aliphatic heterocycles. The van der Waals surface area contributed by atoms with E-state index in [4.69, 9.17) is 10.2 Å². The van der Waals surface area contributed by atoms with Gasteiger partial charge < -0.3 is 14.4 Å². The summed E-state index contributed by atoms with van der Waals surface area (Å²) >= 11 is 0. The van der Waals surface area contributed by atoms with Crippen molar-refractivity contribution < 1.29 is 32.5 Å². The van der Waals surface area contributed by atoms with Crippen LogP contribution in [0.4, 0.5) is 5.69 Å². The van der Waals surface area contributed by atoms with E-state index in [-0.39, 0.29) is 0 Å². The lowest BCUT2D eigenvalue weighted by molar-refractivity contribution is -0.385. The van der Waals surface area contributed by atoms with Crippen molar-refractivity contribution in [1.29, 1.82) is 0 Å². The van der Waals surface area contributed by atoms with Gasteiger partial charge in [-0.2, -0.15) is 8.42 Å². The van der Waals surface area contributed by atoms with Crippen LogP contribution in [0.25, 0.3) is 0 Å². The third-order valence-electron chi connectivity index (χ3n) is 1.95. The number of non-ortho nitro benzene ring substituents is 1. The predicted octanol–water partition coefficient (Wildman–Crippen LogP) is -0.820. The molecule has 0 aliphatic rings. The molecular formula is C9H9NO8S. The van der Waals surface area contributed by atoms with Crippen LogP contribution in [0, 0.1) is 10.1 Å². The summed E-state index contributed by atoms with van der Waals surface area (Å²) in [5.74, 6) is -1.57. The topological polar surface area (TPSA) is 144 Å². The zero-order valence-electron chi connectivity index (χ0n) is 9.29. The van der Waals surface area contributed by atoms with Gasteiger partial charge in [0.1, 0.15) is 4.90 Å². The monoisotopic (exact) mass is 291 g/mol. The molecule has 2 N–H and O–H groups in total. The number of nitro benzene ring substituents is 1. The Morgan fingerprint density at radius 3 is 2.63 bits per heavy atom. The Bertz CT molecular complexity index is 596. The second-order valence-electron chi connectivity index (χ2n) is 3.31. The Balaban J connectivity index is 3.04. The molecule has 9 nitrogen and oxygen atoms in total. The van der Waals surface area contributed by atoms with Crippen molar-refractivity contribution in [3.05, 3.63) is 34.4 Å². The molecule has 0 aromatic heterocycles. The molecule has 0 saturated carbocycles. The lowest BCUT2D eigenvalue weighted by Crippen LogP contribution is -2.28. The van der Waals surface area contributed by atoms with Crippen LogP contribution in [0.1, 0.15) is 0 Å². The summed E-state index contributed by atoms with van der Waals surface area (Å²) in [6, 6.07) is 3.85. The van der Waals surface area contributed by atoms with Crippen molar-refractivity contribution in [3.63, 3.8) is 0 Å². The largest absolute Gasteiger partial charge is 0.393 e. The van der Waals surface area contributed by atoms with Gasteiger partial charge >= 0.3 is 16.1 Å². The van der Waals surface area contributed by atoms with Crippen LogP contribution in [0.3, 0.4) is 0 Å². The number of hydrogen-bond donors (Lipinski definition) is 2. The molecule has 0 bridgehead atoms. The maximum atomic E-state index is 11.6. The van der Waals surface area contributed by atoms with Gasteiger partial charge in [0.25, 0.3) is 5.69 Å². The molecule has 0 aliphatic carbocycles. The minimum Gasteiger partial charge on any atom is -0.393 e. The molecule has 1 atom stereocenters. The minimum atomic E-state index is -4.60. The molecule has 104 valence electrons. The number of nitrogens with zero attached hydrogens (tertiary/aromatic N) is 1. The number of hydrogen-bond acceptors (Lipinski definition) is 8. The highest BCUT2D eigenvalue weighted by Crippen LogP contribution is 2.19. The molecule has 19 heavy (non-hydrogen) atoms. The second kappa shape index (κ2) is 5.73. The quantitative estimate of drug-likeness (QED) is 0.406. The summed E-state index contributed by atoms with van der Waals surface area (Å²) < 4.78 is 27.2. The molecule has 0 amide bonds. The standard InChI is InChI=1S/C9H9NO8S/c11-5-8(12)9(13)18-19(16,17)7-3-1-2-6(4-7)10(14)15/h1-4,8,11-12H,5H2. The highest BCUT2D eigenvalue weighted by Gasteiger charge is 2.26. The van der Waals surface area contributed by atoms with Crippen molar-refractivity contribution in [2.75, 3.05) is 6.61 Å². The number of aliphatic hydroxyl groups is 2. The van der Waals surface area contributed by atoms with Crippen LogP contribution in [0.15, 0.2) is 29.2 Å². The Morgan fingerprint density at radius 2 is 2.11 bits per heavy atom. The third kappa shape index (κ3) is 3.71. The summed E-state index contributed by atoms with van der Waals surface area (Å²) in [6.07, 6.45) is -2.01. The van der Waals surface area contributed by atoms with Gasteiger partial charge in [0.2, 0.25) is 0 Å². The van der Waals surface area contributed by atoms with E-state index in [9.17, 15) is 23.3 Å². The first-order valence-corrected chi connectivity index (χ1v) is 6.20. The molecule has 0 heterocycles. The summed E-state index contributed by atoms with van der Waals surface area (Å²) in [5.41, 5.74) is -0.500. The lowest BCUT2D eigenvalue weighted by atomic mass is 10.3. The van der Waals surface area contributed by atoms with E-state index in [1.54, 1.807) is 0 Å². The molecule has 10 heteroatoms. The van der Waals surface area contributed by atoms with E-state index < -0.39 is 44.3 Å². The molecule has 0 fully saturated rings. The number of aliphatic hydroxyl groups excluding tert-OH is 2. The second-order valence-corrected chi connectivity index (χ2v) is 4.86. The zero-order chi connectivity index (χ0) is 14.6. The number of benzene rings is 1. The summed E-state index contributed by atoms with van der Waals surface area (Å²) in [6.45, 7) is -1.01. The Morgan fingerprint density at radius 1 is 1.47 bits per heavy atom. The average Bonchev–Trinajstić information content (AvgIpc) is 2.37. The lowest BCUT2D eigenvalue weighted by Gasteiger charge is -2.08. The number of carbonyl (C=O) groups excluding carboxylic acids is 1. The van der Waals surface area contributed by atoms with E-state index >= 15 is 0 Å². The SMILES string of the molecule is O=C(OS(=O)(=O)c1cccc([N+](=O)[O-])c1)C(O)CO. The van der Waals surface area contributed by atoms with Crippen molar-refractivity contribution in [3.8, 4) is 0 Å². The molecule has 1 aromatic carbocycles. The van der Waals surface area contributed by atoms with Gasteiger partial charge in [-0.1, -0.05) is 6.07 Å². The zero-order valence-corrected chi connectivity index (χ0v) is 10.1. The van der Waals surface area contributed by atoms with Gasteiger partial charge in [0.15, 0.2) is 6.10 Å². The van der Waals surface area contributed by atoms with Crippen LogP contribution in [-0.2, 0) is 19.1 Å². The number of carbonyl (C=O) groups is 1. The van der Waals surface area contributed by atoms with Crippen molar-refractivity contribution in [2.45, 2.75) is 11.0 Å². The maximum Gasteiger partial charge on any atom is 0.353 e. The van der Waals surface area contributed by atoms with Crippen LogP contribution < -0.4 is 0 Å².